The van der Waals surface area contributed by atoms with Gasteiger partial charge in [0, 0.05) is 5.70 Å². The Morgan fingerprint density at radius 2 is 2.20 bits per heavy atom. The second kappa shape index (κ2) is 4.86. The Kier molecular flexibility index (Phi) is 4.38. The fourth-order valence-electron chi connectivity index (χ4n) is 0.633. The Morgan fingerprint density at radius 1 is 1.60 bits per heavy atom. The monoisotopic (exact) mass is 137 g/mol. The zero-order valence-electron chi connectivity index (χ0n) is 6.72. The van der Waals surface area contributed by atoms with Gasteiger partial charge < -0.3 is 5.73 Å². The summed E-state index contributed by atoms with van der Waals surface area (Å²) in [5.74, 6) is 0. The largest absolute Gasteiger partial charge is 0.399 e. The van der Waals surface area contributed by atoms with E-state index in [0.717, 1.165) is 12.0 Å². The van der Waals surface area contributed by atoms with Crippen LogP contribution in [0.3, 0.4) is 0 Å². The van der Waals surface area contributed by atoms with E-state index in [4.69, 9.17) is 5.73 Å². The van der Waals surface area contributed by atoms with Crippen LogP contribution < -0.4 is 5.73 Å². The van der Waals surface area contributed by atoms with Crippen LogP contribution in [0.25, 0.3) is 0 Å². The molecule has 0 saturated heterocycles. The first-order valence-electron chi connectivity index (χ1n) is 3.50. The number of allylic oxidation sites excluding steroid dienone is 3. The molecule has 0 aromatic carbocycles. The highest BCUT2D eigenvalue weighted by molar-refractivity contribution is 5.34. The normalized spacial score (nSPS) is 12.4. The summed E-state index contributed by atoms with van der Waals surface area (Å²) in [6, 6.07) is 0. The van der Waals surface area contributed by atoms with Gasteiger partial charge in [-0.05, 0) is 18.9 Å². The van der Waals surface area contributed by atoms with Gasteiger partial charge in [0.05, 0.1) is 0 Å². The van der Waals surface area contributed by atoms with E-state index in [1.165, 1.54) is 0 Å². The molecule has 0 spiro atoms. The summed E-state index contributed by atoms with van der Waals surface area (Å²) in [5.41, 5.74) is 7.12. The molecule has 0 aliphatic carbocycles. The summed E-state index contributed by atoms with van der Waals surface area (Å²) < 4.78 is 0. The zero-order chi connectivity index (χ0) is 7.98. The lowest BCUT2D eigenvalue weighted by atomic mass is 10.2. The Labute approximate surface area is 62.9 Å². The minimum absolute atomic E-state index is 0.632. The van der Waals surface area contributed by atoms with Gasteiger partial charge in [0.25, 0.3) is 0 Å². The molecule has 2 N–H and O–H groups in total. The van der Waals surface area contributed by atoms with Gasteiger partial charge >= 0.3 is 0 Å². The van der Waals surface area contributed by atoms with E-state index in [1.807, 2.05) is 19.1 Å². The van der Waals surface area contributed by atoms with E-state index in [1.54, 1.807) is 0 Å². The van der Waals surface area contributed by atoms with Crippen LogP contribution in [0, 0.1) is 0 Å². The molecule has 0 fully saturated rings. The van der Waals surface area contributed by atoms with Crippen LogP contribution in [0.4, 0.5) is 0 Å². The van der Waals surface area contributed by atoms with Gasteiger partial charge in [0.2, 0.25) is 0 Å². The molecular formula is C9H15N. The Balaban J connectivity index is 4.12. The average molecular weight is 137 g/mol. The molecule has 0 radical (unpaired) electrons. The second-order valence-corrected chi connectivity index (χ2v) is 2.08. The number of hydrogen-bond donors (Lipinski definition) is 1. The molecule has 0 bridgehead atoms. The second-order valence-electron chi connectivity index (χ2n) is 2.08. The van der Waals surface area contributed by atoms with Crippen molar-refractivity contribution in [3.05, 3.63) is 36.1 Å². The van der Waals surface area contributed by atoms with Crippen molar-refractivity contribution in [1.82, 2.24) is 0 Å². The van der Waals surface area contributed by atoms with Crippen molar-refractivity contribution < 1.29 is 0 Å². The fourth-order valence-corrected chi connectivity index (χ4v) is 0.633. The first-order valence-corrected chi connectivity index (χ1v) is 3.50. The van der Waals surface area contributed by atoms with Crippen molar-refractivity contribution in [3.63, 3.8) is 0 Å². The molecule has 0 heterocycles. The van der Waals surface area contributed by atoms with Crippen molar-refractivity contribution in [1.29, 1.82) is 0 Å². The lowest BCUT2D eigenvalue weighted by Crippen LogP contribution is -1.95. The molecule has 0 aliphatic rings. The molecule has 0 aromatic rings. The molecule has 0 saturated carbocycles. The summed E-state index contributed by atoms with van der Waals surface area (Å²) in [6.07, 6.45) is 7.04. The Hall–Kier alpha value is -0.980. The first-order chi connectivity index (χ1) is 4.72. The van der Waals surface area contributed by atoms with Crippen molar-refractivity contribution in [2.75, 3.05) is 0 Å². The number of hydrogen-bond acceptors (Lipinski definition) is 1. The molecular weight excluding hydrogens is 122 g/mol. The van der Waals surface area contributed by atoms with Crippen molar-refractivity contribution in [2.24, 2.45) is 5.73 Å². The van der Waals surface area contributed by atoms with Crippen LogP contribution in [0.15, 0.2) is 36.1 Å². The van der Waals surface area contributed by atoms with Crippen LogP contribution >= 0.6 is 0 Å². The smallest absolute Gasteiger partial charge is 0.0311 e. The zero-order valence-corrected chi connectivity index (χ0v) is 6.72. The number of rotatable bonds is 3. The molecule has 0 rings (SSSR count). The third-order valence-corrected chi connectivity index (χ3v) is 1.21. The predicted octanol–water partition coefficient (Wildman–Crippen LogP) is 2.37. The summed E-state index contributed by atoms with van der Waals surface area (Å²) >= 11 is 0. The van der Waals surface area contributed by atoms with E-state index in [0.29, 0.717) is 5.70 Å². The molecule has 56 valence electrons. The highest BCUT2D eigenvalue weighted by Crippen LogP contribution is 2.03. The SMILES string of the molecule is C=C(N)C(/C=C\CC)=C/C. The standard InChI is InChI=1S/C9H15N/c1-4-6-7-9(5-2)8(3)10/h5-7H,3-4,10H2,1-2H3/b7-6-,9-5+. The molecule has 0 amide bonds. The summed E-state index contributed by atoms with van der Waals surface area (Å²) in [7, 11) is 0. The van der Waals surface area contributed by atoms with Crippen molar-refractivity contribution in [3.8, 4) is 0 Å². The quantitative estimate of drug-likeness (QED) is 0.594. The molecule has 10 heavy (non-hydrogen) atoms. The molecule has 0 atom stereocenters. The first kappa shape index (κ1) is 9.02. The summed E-state index contributed by atoms with van der Waals surface area (Å²) in [5, 5.41) is 0. The maximum atomic E-state index is 5.47. The Bertz CT molecular complexity index is 164. The van der Waals surface area contributed by atoms with E-state index < -0.39 is 0 Å². The predicted molar refractivity (Wildman–Crippen MR) is 46.5 cm³/mol. The van der Waals surface area contributed by atoms with E-state index >= 15 is 0 Å². The van der Waals surface area contributed by atoms with Gasteiger partial charge in [-0.15, -0.1) is 0 Å². The van der Waals surface area contributed by atoms with E-state index in [-0.39, 0.29) is 0 Å². The van der Waals surface area contributed by atoms with Crippen LogP contribution in [0.2, 0.25) is 0 Å². The van der Waals surface area contributed by atoms with E-state index in [9.17, 15) is 0 Å². The fraction of sp³-hybridized carbons (Fsp3) is 0.333. The highest BCUT2D eigenvalue weighted by atomic mass is 14.6. The summed E-state index contributed by atoms with van der Waals surface area (Å²) in [6.45, 7) is 7.68. The van der Waals surface area contributed by atoms with Crippen LogP contribution in [0.5, 0.6) is 0 Å². The van der Waals surface area contributed by atoms with Gasteiger partial charge in [-0.1, -0.05) is 31.7 Å². The van der Waals surface area contributed by atoms with Gasteiger partial charge in [0.15, 0.2) is 0 Å². The minimum Gasteiger partial charge on any atom is -0.399 e. The van der Waals surface area contributed by atoms with Crippen molar-refractivity contribution in [2.45, 2.75) is 20.3 Å². The molecule has 1 nitrogen and oxygen atoms in total. The Morgan fingerprint density at radius 3 is 2.50 bits per heavy atom. The molecule has 0 aromatic heterocycles. The van der Waals surface area contributed by atoms with Crippen LogP contribution in [0.1, 0.15) is 20.3 Å². The van der Waals surface area contributed by atoms with Gasteiger partial charge in [0.1, 0.15) is 0 Å². The van der Waals surface area contributed by atoms with Gasteiger partial charge in [-0.25, -0.2) is 0 Å². The van der Waals surface area contributed by atoms with E-state index in [2.05, 4.69) is 19.6 Å². The third-order valence-electron chi connectivity index (χ3n) is 1.21. The average Bonchev–Trinajstić information content (AvgIpc) is 1.89. The lowest BCUT2D eigenvalue weighted by molar-refractivity contribution is 1.21. The lowest BCUT2D eigenvalue weighted by Gasteiger charge is -1.96. The highest BCUT2D eigenvalue weighted by Gasteiger charge is 1.88. The third kappa shape index (κ3) is 3.13. The maximum Gasteiger partial charge on any atom is 0.0311 e. The molecule has 0 unspecified atom stereocenters. The van der Waals surface area contributed by atoms with Crippen LogP contribution in [-0.2, 0) is 0 Å². The topological polar surface area (TPSA) is 26.0 Å². The molecule has 1 heteroatoms. The minimum atomic E-state index is 0.632. The summed E-state index contributed by atoms with van der Waals surface area (Å²) in [4.78, 5) is 0. The van der Waals surface area contributed by atoms with Gasteiger partial charge in [-0.2, -0.15) is 0 Å². The van der Waals surface area contributed by atoms with Crippen molar-refractivity contribution >= 4 is 0 Å². The maximum absolute atomic E-state index is 5.47. The van der Waals surface area contributed by atoms with Crippen LogP contribution in [-0.4, -0.2) is 0 Å². The molecule has 0 aliphatic heterocycles. The number of nitrogens with two attached hydrogens (primary N) is 1. The van der Waals surface area contributed by atoms with Gasteiger partial charge in [-0.3, -0.25) is 0 Å².